The molecule has 0 aromatic carbocycles. The zero-order valence-electron chi connectivity index (χ0n) is 10.7. The molecule has 0 bridgehead atoms. The van der Waals surface area contributed by atoms with E-state index in [0.29, 0.717) is 12.5 Å². The third-order valence-electron chi connectivity index (χ3n) is 2.78. The Balaban J connectivity index is 0.00000162. The second-order valence-corrected chi connectivity index (χ2v) is 6.54. The summed E-state index contributed by atoms with van der Waals surface area (Å²) in [4.78, 5) is 12.3. The molecule has 0 amide bonds. The van der Waals surface area contributed by atoms with E-state index in [4.69, 9.17) is 5.73 Å². The number of rotatable bonds is 2. The van der Waals surface area contributed by atoms with Crippen molar-refractivity contribution >= 4 is 53.0 Å². The van der Waals surface area contributed by atoms with Crippen molar-refractivity contribution in [2.45, 2.75) is 20.4 Å². The number of hydrogen-bond donors (Lipinski definition) is 1. The first-order valence-corrected chi connectivity index (χ1v) is 7.69. The Morgan fingerprint density at radius 2 is 2.06 bits per heavy atom. The van der Waals surface area contributed by atoms with E-state index in [1.54, 1.807) is 11.3 Å². The first kappa shape index (κ1) is 16.0. The quantitative estimate of drug-likeness (QED) is 0.472. The van der Waals surface area contributed by atoms with Crippen LogP contribution in [-0.2, 0) is 6.54 Å². The molecule has 102 valence electrons. The molecule has 0 unspecified atom stereocenters. The molecule has 1 aromatic heterocycles. The van der Waals surface area contributed by atoms with Gasteiger partial charge in [0.1, 0.15) is 5.01 Å². The van der Waals surface area contributed by atoms with Gasteiger partial charge in [0, 0.05) is 29.5 Å². The fraction of sp³-hybridized carbons (Fsp3) is 0.636. The number of guanidine groups is 1. The molecule has 1 aromatic rings. The van der Waals surface area contributed by atoms with E-state index in [1.165, 1.54) is 4.88 Å². The summed E-state index contributed by atoms with van der Waals surface area (Å²) in [6, 6.07) is 0. The average Bonchev–Trinajstić information content (AvgIpc) is 2.67. The molecule has 0 radical (unpaired) electrons. The summed E-state index contributed by atoms with van der Waals surface area (Å²) >= 11 is 3.68. The van der Waals surface area contributed by atoms with Crippen molar-refractivity contribution in [3.63, 3.8) is 0 Å². The Hall–Kier alpha value is -0.0200. The highest BCUT2D eigenvalue weighted by molar-refractivity contribution is 14.0. The van der Waals surface area contributed by atoms with Crippen LogP contribution in [0.15, 0.2) is 4.99 Å². The lowest BCUT2D eigenvalue weighted by atomic mass is 10.4. The summed E-state index contributed by atoms with van der Waals surface area (Å²) in [6.45, 7) is 6.75. The van der Waals surface area contributed by atoms with Crippen molar-refractivity contribution < 1.29 is 0 Å². The number of halogens is 1. The summed E-state index contributed by atoms with van der Waals surface area (Å²) in [7, 11) is 0. The van der Waals surface area contributed by atoms with E-state index in [-0.39, 0.29) is 24.0 Å². The minimum Gasteiger partial charge on any atom is -0.370 e. The maximum atomic E-state index is 5.98. The third kappa shape index (κ3) is 4.27. The van der Waals surface area contributed by atoms with Gasteiger partial charge in [-0.2, -0.15) is 11.8 Å². The number of thioether (sulfide) groups is 1. The highest BCUT2D eigenvalue weighted by Gasteiger charge is 2.12. The number of nitrogens with two attached hydrogens (primary N) is 1. The molecule has 0 saturated carbocycles. The average molecular weight is 398 g/mol. The summed E-state index contributed by atoms with van der Waals surface area (Å²) < 4.78 is 0. The van der Waals surface area contributed by atoms with Crippen molar-refractivity contribution in [2.75, 3.05) is 24.6 Å². The van der Waals surface area contributed by atoms with Crippen LogP contribution in [0.1, 0.15) is 15.6 Å². The minimum atomic E-state index is 0. The van der Waals surface area contributed by atoms with Crippen molar-refractivity contribution in [3.05, 3.63) is 15.6 Å². The standard InChI is InChI=1S/C11H18N4S2.HI/c1-8-9(2)17-10(14-8)7-13-11(12)15-3-5-16-6-4-15;/h3-7H2,1-2H3,(H2,12,13);1H. The molecule has 0 spiro atoms. The number of aromatic nitrogens is 1. The predicted molar refractivity (Wildman–Crippen MR) is 91.2 cm³/mol. The number of hydrogen-bond acceptors (Lipinski definition) is 4. The maximum absolute atomic E-state index is 5.98. The molecule has 18 heavy (non-hydrogen) atoms. The summed E-state index contributed by atoms with van der Waals surface area (Å²) in [5.74, 6) is 2.95. The highest BCUT2D eigenvalue weighted by atomic mass is 127. The van der Waals surface area contributed by atoms with Gasteiger partial charge in [-0.25, -0.2) is 9.98 Å². The number of nitrogens with zero attached hydrogens (tertiary/aromatic N) is 3. The summed E-state index contributed by atoms with van der Waals surface area (Å²) in [5, 5.41) is 1.05. The smallest absolute Gasteiger partial charge is 0.191 e. The van der Waals surface area contributed by atoms with Crippen molar-refractivity contribution in [1.82, 2.24) is 9.88 Å². The molecule has 1 saturated heterocycles. The van der Waals surface area contributed by atoms with Crippen molar-refractivity contribution in [2.24, 2.45) is 10.7 Å². The normalized spacial score (nSPS) is 16.6. The third-order valence-corrected chi connectivity index (χ3v) is 4.78. The molecule has 7 heteroatoms. The topological polar surface area (TPSA) is 54.5 Å². The SMILES string of the molecule is Cc1nc(CN=C(N)N2CCSCC2)sc1C.I. The second-order valence-electron chi connectivity index (χ2n) is 4.02. The summed E-state index contributed by atoms with van der Waals surface area (Å²) in [6.07, 6.45) is 0. The van der Waals surface area contributed by atoms with E-state index < -0.39 is 0 Å². The Bertz CT molecular complexity index is 394. The minimum absolute atomic E-state index is 0. The van der Waals surface area contributed by atoms with Crippen LogP contribution in [0.2, 0.25) is 0 Å². The zero-order chi connectivity index (χ0) is 12.3. The van der Waals surface area contributed by atoms with Crippen LogP contribution < -0.4 is 5.73 Å². The molecule has 2 N–H and O–H groups in total. The monoisotopic (exact) mass is 398 g/mol. The second kappa shape index (κ2) is 7.54. The van der Waals surface area contributed by atoms with Crippen LogP contribution in [0, 0.1) is 13.8 Å². The number of thiazole rings is 1. The van der Waals surface area contributed by atoms with Gasteiger partial charge in [0.2, 0.25) is 0 Å². The Kier molecular flexibility index (Phi) is 6.72. The van der Waals surface area contributed by atoms with Crippen LogP contribution in [0.3, 0.4) is 0 Å². The van der Waals surface area contributed by atoms with Gasteiger partial charge in [0.05, 0.1) is 12.2 Å². The molecule has 0 aliphatic carbocycles. The van der Waals surface area contributed by atoms with E-state index >= 15 is 0 Å². The molecule has 1 aliphatic heterocycles. The Morgan fingerprint density at radius 1 is 1.39 bits per heavy atom. The summed E-state index contributed by atoms with van der Waals surface area (Å²) in [5.41, 5.74) is 7.09. The van der Waals surface area contributed by atoms with Crippen LogP contribution in [0.4, 0.5) is 0 Å². The van der Waals surface area contributed by atoms with E-state index in [1.807, 2.05) is 18.7 Å². The lowest BCUT2D eigenvalue weighted by molar-refractivity contribution is 0.455. The highest BCUT2D eigenvalue weighted by Crippen LogP contribution is 2.17. The lowest BCUT2D eigenvalue weighted by Gasteiger charge is -2.27. The van der Waals surface area contributed by atoms with Gasteiger partial charge >= 0.3 is 0 Å². The lowest BCUT2D eigenvalue weighted by Crippen LogP contribution is -2.42. The maximum Gasteiger partial charge on any atom is 0.191 e. The first-order valence-electron chi connectivity index (χ1n) is 5.72. The van der Waals surface area contributed by atoms with E-state index in [2.05, 4.69) is 21.8 Å². The van der Waals surface area contributed by atoms with Gasteiger partial charge < -0.3 is 10.6 Å². The van der Waals surface area contributed by atoms with E-state index in [0.717, 1.165) is 35.3 Å². The molecule has 1 fully saturated rings. The number of aryl methyl sites for hydroxylation is 2. The van der Waals surface area contributed by atoms with Gasteiger partial charge in [-0.05, 0) is 13.8 Å². The largest absolute Gasteiger partial charge is 0.370 e. The van der Waals surface area contributed by atoms with Gasteiger partial charge in [-0.3, -0.25) is 0 Å². The van der Waals surface area contributed by atoms with Gasteiger partial charge in [0.25, 0.3) is 0 Å². The van der Waals surface area contributed by atoms with Crippen LogP contribution in [0.5, 0.6) is 0 Å². The fourth-order valence-electron chi connectivity index (χ4n) is 1.65. The van der Waals surface area contributed by atoms with Gasteiger partial charge in [0.15, 0.2) is 5.96 Å². The van der Waals surface area contributed by atoms with Crippen molar-refractivity contribution in [3.8, 4) is 0 Å². The Morgan fingerprint density at radius 3 is 2.61 bits per heavy atom. The molecule has 1 aliphatic rings. The molecule has 0 atom stereocenters. The van der Waals surface area contributed by atoms with Gasteiger partial charge in [-0.15, -0.1) is 35.3 Å². The van der Waals surface area contributed by atoms with Gasteiger partial charge in [-0.1, -0.05) is 0 Å². The molecule has 2 rings (SSSR count). The predicted octanol–water partition coefficient (Wildman–Crippen LogP) is 2.24. The zero-order valence-corrected chi connectivity index (χ0v) is 14.6. The Labute approximate surface area is 133 Å². The van der Waals surface area contributed by atoms with Crippen LogP contribution in [0.25, 0.3) is 0 Å². The first-order chi connectivity index (χ1) is 8.16. The number of aliphatic imine (C=N–C) groups is 1. The molecular formula is C11H19IN4S2. The molecule has 2 heterocycles. The molecular weight excluding hydrogens is 379 g/mol. The van der Waals surface area contributed by atoms with E-state index in [9.17, 15) is 0 Å². The van der Waals surface area contributed by atoms with Crippen molar-refractivity contribution in [1.29, 1.82) is 0 Å². The van der Waals surface area contributed by atoms with Crippen LogP contribution in [-0.4, -0.2) is 40.4 Å². The molecule has 4 nitrogen and oxygen atoms in total. The fourth-order valence-corrected chi connectivity index (χ4v) is 3.41. The van der Waals surface area contributed by atoms with Crippen LogP contribution >= 0.6 is 47.1 Å².